The van der Waals surface area contributed by atoms with Gasteiger partial charge in [0.05, 0.1) is 0 Å². The Balaban J connectivity index is 1.21. The van der Waals surface area contributed by atoms with E-state index in [-0.39, 0.29) is 11.7 Å². The number of amides is 1. The molecule has 1 amide bonds. The number of nitrogens with zero attached hydrogens (tertiary/aromatic N) is 2. The van der Waals surface area contributed by atoms with E-state index < -0.39 is 0 Å². The lowest BCUT2D eigenvalue weighted by Gasteiger charge is -2.39. The van der Waals surface area contributed by atoms with Gasteiger partial charge in [0.15, 0.2) is 0 Å². The molecule has 1 aromatic carbocycles. The van der Waals surface area contributed by atoms with E-state index in [1.807, 2.05) is 12.1 Å². The van der Waals surface area contributed by atoms with Crippen molar-refractivity contribution in [2.24, 2.45) is 11.8 Å². The Kier molecular flexibility index (Phi) is 6.39. The van der Waals surface area contributed by atoms with Gasteiger partial charge in [0.2, 0.25) is 5.91 Å². The average Bonchev–Trinajstić information content (AvgIpc) is 3.25. The summed E-state index contributed by atoms with van der Waals surface area (Å²) in [6.07, 6.45) is 6.54. The first-order chi connectivity index (χ1) is 13.2. The Morgan fingerprint density at radius 2 is 1.70 bits per heavy atom. The van der Waals surface area contributed by atoms with Crippen LogP contribution in [0.3, 0.4) is 0 Å². The molecule has 5 heteroatoms. The molecule has 3 aliphatic heterocycles. The molecule has 3 saturated heterocycles. The average molecular weight is 391 g/mol. The highest BCUT2D eigenvalue weighted by Gasteiger charge is 2.33. The first kappa shape index (κ1) is 19.3. The maximum absolute atomic E-state index is 13.0. The molecule has 1 aromatic rings. The number of halogens is 1. The minimum Gasteiger partial charge on any atom is -0.342 e. The van der Waals surface area contributed by atoms with Crippen LogP contribution in [0.2, 0.25) is 0 Å². The van der Waals surface area contributed by atoms with Crippen LogP contribution in [0.1, 0.15) is 37.7 Å². The summed E-state index contributed by atoms with van der Waals surface area (Å²) in [5.41, 5.74) is 1.21. The van der Waals surface area contributed by atoms with Crippen molar-refractivity contribution in [3.63, 3.8) is 0 Å². The lowest BCUT2D eigenvalue weighted by atomic mass is 9.88. The smallest absolute Gasteiger partial charge is 0.225 e. The molecule has 3 fully saturated rings. The van der Waals surface area contributed by atoms with Crippen LogP contribution >= 0.6 is 11.8 Å². The van der Waals surface area contributed by atoms with Crippen LogP contribution in [0.25, 0.3) is 0 Å². The molecule has 0 radical (unpaired) electrons. The zero-order valence-electron chi connectivity index (χ0n) is 16.1. The van der Waals surface area contributed by atoms with Crippen LogP contribution in [-0.4, -0.2) is 59.4 Å². The molecular weight excluding hydrogens is 359 g/mol. The summed E-state index contributed by atoms with van der Waals surface area (Å²) >= 11 is 2.07. The van der Waals surface area contributed by atoms with Crippen LogP contribution in [0.5, 0.6) is 0 Å². The van der Waals surface area contributed by atoms with Crippen molar-refractivity contribution >= 4 is 17.7 Å². The number of carbonyl (C=O) groups excluding carboxylic acids is 1. The van der Waals surface area contributed by atoms with Gasteiger partial charge in [-0.3, -0.25) is 9.69 Å². The quantitative estimate of drug-likeness (QED) is 0.781. The Morgan fingerprint density at radius 3 is 2.33 bits per heavy atom. The Hall–Kier alpha value is -1.07. The fourth-order valence-corrected chi connectivity index (χ4v) is 6.15. The Labute approximate surface area is 166 Å². The van der Waals surface area contributed by atoms with Crippen LogP contribution < -0.4 is 0 Å². The lowest BCUT2D eigenvalue weighted by Crippen LogP contribution is -2.47. The van der Waals surface area contributed by atoms with E-state index in [0.29, 0.717) is 11.8 Å². The van der Waals surface area contributed by atoms with Gasteiger partial charge in [0.1, 0.15) is 5.82 Å². The van der Waals surface area contributed by atoms with Gasteiger partial charge in [-0.05, 0) is 81.0 Å². The second kappa shape index (κ2) is 8.95. The monoisotopic (exact) mass is 390 g/mol. The van der Waals surface area contributed by atoms with Gasteiger partial charge in [-0.15, -0.1) is 0 Å². The molecule has 0 saturated carbocycles. The van der Waals surface area contributed by atoms with Crippen molar-refractivity contribution in [2.75, 3.05) is 37.7 Å². The summed E-state index contributed by atoms with van der Waals surface area (Å²) in [5.74, 6) is 3.66. The highest BCUT2D eigenvalue weighted by molar-refractivity contribution is 7.99. The summed E-state index contributed by atoms with van der Waals surface area (Å²) in [5, 5.41) is 0. The van der Waals surface area contributed by atoms with E-state index in [0.717, 1.165) is 64.3 Å². The van der Waals surface area contributed by atoms with Crippen molar-refractivity contribution in [1.29, 1.82) is 0 Å². The van der Waals surface area contributed by atoms with Crippen LogP contribution in [0.4, 0.5) is 4.39 Å². The lowest BCUT2D eigenvalue weighted by molar-refractivity contribution is -0.138. The third kappa shape index (κ3) is 4.86. The van der Waals surface area contributed by atoms with E-state index in [9.17, 15) is 9.18 Å². The van der Waals surface area contributed by atoms with Gasteiger partial charge in [-0.25, -0.2) is 4.39 Å². The standard InChI is InChI=1S/C22H31FN2OS/c23-20-3-1-17(2-4-20)15-18-5-10-25(11-6-18)22(26)19-7-12-24(13-8-19)21-9-14-27-16-21/h1-4,18-19,21H,5-16H2. The maximum atomic E-state index is 13.0. The topological polar surface area (TPSA) is 23.6 Å². The number of benzene rings is 1. The fourth-order valence-electron chi connectivity index (χ4n) is 4.89. The van der Waals surface area contributed by atoms with E-state index in [2.05, 4.69) is 21.6 Å². The molecule has 0 bridgehead atoms. The number of hydrogen-bond acceptors (Lipinski definition) is 3. The van der Waals surface area contributed by atoms with Crippen molar-refractivity contribution < 1.29 is 9.18 Å². The van der Waals surface area contributed by atoms with Crippen molar-refractivity contribution in [1.82, 2.24) is 9.80 Å². The zero-order valence-corrected chi connectivity index (χ0v) is 16.9. The second-order valence-corrected chi connectivity index (χ2v) is 9.58. The summed E-state index contributed by atoms with van der Waals surface area (Å²) in [6.45, 7) is 3.99. The van der Waals surface area contributed by atoms with Gasteiger partial charge in [0.25, 0.3) is 0 Å². The molecule has 0 aromatic heterocycles. The zero-order chi connectivity index (χ0) is 18.6. The summed E-state index contributed by atoms with van der Waals surface area (Å²) in [4.78, 5) is 17.7. The molecule has 27 heavy (non-hydrogen) atoms. The van der Waals surface area contributed by atoms with Crippen LogP contribution in [0.15, 0.2) is 24.3 Å². The van der Waals surface area contributed by atoms with Crippen molar-refractivity contribution in [2.45, 2.75) is 44.6 Å². The van der Waals surface area contributed by atoms with Gasteiger partial charge >= 0.3 is 0 Å². The van der Waals surface area contributed by atoms with Gasteiger partial charge in [-0.2, -0.15) is 11.8 Å². The molecule has 0 aliphatic carbocycles. The minimum absolute atomic E-state index is 0.170. The van der Waals surface area contributed by atoms with Gasteiger partial charge in [-0.1, -0.05) is 12.1 Å². The van der Waals surface area contributed by atoms with Crippen molar-refractivity contribution in [3.8, 4) is 0 Å². The van der Waals surface area contributed by atoms with Gasteiger partial charge in [0, 0.05) is 30.8 Å². The normalized spacial score (nSPS) is 25.8. The summed E-state index contributed by atoms with van der Waals surface area (Å²) < 4.78 is 13.0. The van der Waals surface area contributed by atoms with Crippen molar-refractivity contribution in [3.05, 3.63) is 35.6 Å². The molecule has 3 heterocycles. The Bertz CT molecular complexity index is 616. The number of rotatable bonds is 4. The van der Waals surface area contributed by atoms with Crippen LogP contribution in [0, 0.1) is 17.7 Å². The summed E-state index contributed by atoms with van der Waals surface area (Å²) in [6, 6.07) is 7.63. The number of thioether (sulfide) groups is 1. The molecular formula is C22H31FN2OS. The highest BCUT2D eigenvalue weighted by Crippen LogP contribution is 2.29. The van der Waals surface area contributed by atoms with E-state index >= 15 is 0 Å². The molecule has 3 nitrogen and oxygen atoms in total. The molecule has 148 valence electrons. The first-order valence-electron chi connectivity index (χ1n) is 10.5. The second-order valence-electron chi connectivity index (χ2n) is 8.43. The molecule has 1 atom stereocenters. The van der Waals surface area contributed by atoms with E-state index in [1.165, 1.54) is 23.5 Å². The molecule has 4 rings (SSSR count). The number of likely N-dealkylation sites (tertiary alicyclic amines) is 2. The Morgan fingerprint density at radius 1 is 1.00 bits per heavy atom. The van der Waals surface area contributed by atoms with Crippen LogP contribution in [-0.2, 0) is 11.2 Å². The number of piperidine rings is 2. The molecule has 0 N–H and O–H groups in total. The van der Waals surface area contributed by atoms with Gasteiger partial charge < -0.3 is 4.90 Å². The third-order valence-corrected chi connectivity index (χ3v) is 7.81. The molecule has 3 aliphatic rings. The minimum atomic E-state index is -0.170. The summed E-state index contributed by atoms with van der Waals surface area (Å²) in [7, 11) is 0. The highest BCUT2D eigenvalue weighted by atomic mass is 32.2. The third-order valence-electron chi connectivity index (χ3n) is 6.66. The number of carbonyl (C=O) groups is 1. The number of hydrogen-bond donors (Lipinski definition) is 0. The predicted molar refractivity (Wildman–Crippen MR) is 109 cm³/mol. The molecule has 1 unspecified atom stereocenters. The fraction of sp³-hybridized carbons (Fsp3) is 0.682. The first-order valence-corrected chi connectivity index (χ1v) is 11.7. The molecule has 0 spiro atoms. The largest absolute Gasteiger partial charge is 0.342 e. The SMILES string of the molecule is O=C(C1CCN(C2CCSC2)CC1)N1CCC(Cc2ccc(F)cc2)CC1. The maximum Gasteiger partial charge on any atom is 0.225 e. The predicted octanol–water partition coefficient (Wildman–Crippen LogP) is 3.82. The van der Waals surface area contributed by atoms with E-state index in [1.54, 1.807) is 12.1 Å². The van der Waals surface area contributed by atoms with E-state index in [4.69, 9.17) is 0 Å².